The fraction of sp³-hybridized carbons (Fsp3) is 0.429. The van der Waals surface area contributed by atoms with Gasteiger partial charge in [-0.2, -0.15) is 0 Å². The van der Waals surface area contributed by atoms with E-state index in [0.717, 1.165) is 16.5 Å². The van der Waals surface area contributed by atoms with Gasteiger partial charge in [-0.1, -0.05) is 17.7 Å². The lowest BCUT2D eigenvalue weighted by Gasteiger charge is -2.27. The molecule has 0 radical (unpaired) electrons. The van der Waals surface area contributed by atoms with Gasteiger partial charge in [0.25, 0.3) is 0 Å². The van der Waals surface area contributed by atoms with Crippen molar-refractivity contribution < 1.29 is 18.9 Å². The van der Waals surface area contributed by atoms with Crippen LogP contribution in [0.15, 0.2) is 36.8 Å². The van der Waals surface area contributed by atoms with Crippen LogP contribution in [0, 0.1) is 0 Å². The maximum Gasteiger partial charge on any atom is 0.164 e. The Balaban J connectivity index is 1.42. The van der Waals surface area contributed by atoms with Gasteiger partial charge in [0.05, 0.1) is 12.0 Å². The molecule has 3 aliphatic heterocycles. The van der Waals surface area contributed by atoms with E-state index in [0.29, 0.717) is 23.1 Å². The van der Waals surface area contributed by atoms with E-state index in [1.807, 2.05) is 48.9 Å². The summed E-state index contributed by atoms with van der Waals surface area (Å²) in [4.78, 5) is 8.49. The van der Waals surface area contributed by atoms with Gasteiger partial charge in [0.2, 0.25) is 0 Å². The molecule has 2 fully saturated rings. The molecule has 3 aromatic rings. The molecule has 5 atom stereocenters. The second kappa shape index (κ2) is 6.38. The lowest BCUT2D eigenvalue weighted by molar-refractivity contribution is -0.210. The number of ether oxygens (including phenoxy) is 4. The summed E-state index contributed by atoms with van der Waals surface area (Å²) in [5.74, 6) is -0.307. The van der Waals surface area contributed by atoms with Crippen LogP contribution in [0.4, 0.5) is 5.82 Å². The third kappa shape index (κ3) is 2.68. The molecule has 2 aromatic heterocycles. The Morgan fingerprint density at radius 1 is 1.13 bits per heavy atom. The van der Waals surface area contributed by atoms with Crippen molar-refractivity contribution in [3.05, 3.63) is 52.9 Å². The Kier molecular flexibility index (Phi) is 3.94. The number of nitrogen functional groups attached to an aromatic ring is 1. The fourth-order valence-electron chi connectivity index (χ4n) is 4.77. The molecule has 1 aromatic carbocycles. The van der Waals surface area contributed by atoms with Crippen molar-refractivity contribution in [1.82, 2.24) is 14.5 Å². The summed E-state index contributed by atoms with van der Waals surface area (Å²) < 4.78 is 27.2. The summed E-state index contributed by atoms with van der Waals surface area (Å²) in [6.07, 6.45) is 1.61. The summed E-state index contributed by atoms with van der Waals surface area (Å²) in [6.45, 7) is 4.33. The first-order chi connectivity index (χ1) is 14.4. The summed E-state index contributed by atoms with van der Waals surface area (Å²) in [5, 5.41) is 1.44. The molecule has 3 aliphatic rings. The molecule has 156 valence electrons. The van der Waals surface area contributed by atoms with Gasteiger partial charge in [-0.3, -0.25) is 0 Å². The zero-order chi connectivity index (χ0) is 20.6. The van der Waals surface area contributed by atoms with Gasteiger partial charge >= 0.3 is 0 Å². The van der Waals surface area contributed by atoms with E-state index in [1.54, 1.807) is 0 Å². The second-order valence-electron chi connectivity index (χ2n) is 8.35. The minimum atomic E-state index is -0.734. The molecule has 8 nitrogen and oxygen atoms in total. The van der Waals surface area contributed by atoms with Crippen molar-refractivity contribution in [3.63, 3.8) is 0 Å². The van der Waals surface area contributed by atoms with Gasteiger partial charge in [-0.05, 0) is 43.2 Å². The van der Waals surface area contributed by atoms with Gasteiger partial charge in [0.15, 0.2) is 12.0 Å². The minimum absolute atomic E-state index is 0.296. The Bertz CT molecular complexity index is 1150. The van der Waals surface area contributed by atoms with Crippen LogP contribution in [-0.4, -0.2) is 38.6 Å². The predicted molar refractivity (Wildman–Crippen MR) is 109 cm³/mol. The molecule has 30 heavy (non-hydrogen) atoms. The predicted octanol–water partition coefficient (Wildman–Crippen LogP) is 3.36. The SMILES string of the molecule is CC1(C)O[C@H]2[C@@H](O1)[C@H](n1ccc3c(N)ncnc31)O[C@@H]2[C@@H]1OCc2ccc(Cl)cc21. The van der Waals surface area contributed by atoms with E-state index in [1.165, 1.54) is 6.33 Å². The van der Waals surface area contributed by atoms with Crippen molar-refractivity contribution >= 4 is 28.5 Å². The molecule has 0 unspecified atom stereocenters. The molecular weight excluding hydrogens is 408 g/mol. The van der Waals surface area contributed by atoms with Crippen molar-refractivity contribution in [1.29, 1.82) is 0 Å². The van der Waals surface area contributed by atoms with E-state index in [9.17, 15) is 0 Å². The van der Waals surface area contributed by atoms with Crippen LogP contribution in [-0.2, 0) is 25.6 Å². The number of fused-ring (bicyclic) bond motifs is 3. The highest BCUT2D eigenvalue weighted by molar-refractivity contribution is 6.30. The first-order valence-electron chi connectivity index (χ1n) is 9.89. The number of hydrogen-bond acceptors (Lipinski definition) is 7. The van der Waals surface area contributed by atoms with Gasteiger partial charge in [-0.15, -0.1) is 0 Å². The van der Waals surface area contributed by atoms with Crippen molar-refractivity contribution in [3.8, 4) is 0 Å². The molecule has 0 aliphatic carbocycles. The highest BCUT2D eigenvalue weighted by atomic mass is 35.5. The van der Waals surface area contributed by atoms with Gasteiger partial charge < -0.3 is 29.2 Å². The monoisotopic (exact) mass is 428 g/mol. The van der Waals surface area contributed by atoms with E-state index in [4.69, 9.17) is 36.3 Å². The number of nitrogens with two attached hydrogens (primary N) is 1. The lowest BCUT2D eigenvalue weighted by Crippen LogP contribution is -2.34. The normalized spacial score (nSPS) is 31.9. The number of halogens is 1. The zero-order valence-corrected chi connectivity index (χ0v) is 17.2. The maximum absolute atomic E-state index is 6.54. The average molecular weight is 429 g/mol. The van der Waals surface area contributed by atoms with Crippen molar-refractivity contribution in [2.45, 2.75) is 56.9 Å². The number of rotatable bonds is 2. The summed E-state index contributed by atoms with van der Waals surface area (Å²) in [6, 6.07) is 7.71. The van der Waals surface area contributed by atoms with Crippen molar-refractivity contribution in [2.24, 2.45) is 0 Å². The standard InChI is InChI=1S/C21H21ClN4O4/c1-21(2)29-16-15(14-13-7-11(22)4-3-10(13)8-27-14)28-20(17(16)30-21)26-6-5-12-18(23)24-9-25-19(12)26/h3-7,9,14-17,20H,8H2,1-2H3,(H2,23,24,25)/t14-,15-,16-,17-,20-/m1/s1. The number of anilines is 1. The van der Waals surface area contributed by atoms with E-state index in [2.05, 4.69) is 9.97 Å². The Morgan fingerprint density at radius 2 is 1.97 bits per heavy atom. The Morgan fingerprint density at radius 3 is 2.83 bits per heavy atom. The molecule has 0 spiro atoms. The van der Waals surface area contributed by atoms with E-state index < -0.39 is 12.0 Å². The van der Waals surface area contributed by atoms with Crippen LogP contribution < -0.4 is 5.73 Å². The number of nitrogens with zero attached hydrogens (tertiary/aromatic N) is 3. The number of aromatic nitrogens is 3. The largest absolute Gasteiger partial charge is 0.383 e. The van der Waals surface area contributed by atoms with Crippen LogP contribution in [0.2, 0.25) is 5.02 Å². The quantitative estimate of drug-likeness (QED) is 0.668. The topological polar surface area (TPSA) is 93.7 Å². The molecule has 6 rings (SSSR count). The van der Waals surface area contributed by atoms with Crippen LogP contribution in [0.1, 0.15) is 37.3 Å². The molecule has 2 saturated heterocycles. The molecule has 5 heterocycles. The minimum Gasteiger partial charge on any atom is -0.383 e. The summed E-state index contributed by atoms with van der Waals surface area (Å²) in [7, 11) is 0. The molecule has 9 heteroatoms. The highest BCUT2D eigenvalue weighted by Crippen LogP contribution is 2.50. The smallest absolute Gasteiger partial charge is 0.164 e. The number of hydrogen-bond donors (Lipinski definition) is 1. The highest BCUT2D eigenvalue weighted by Gasteiger charge is 2.59. The second-order valence-corrected chi connectivity index (χ2v) is 8.79. The first kappa shape index (κ1) is 18.5. The molecule has 0 bridgehead atoms. The Labute approximate surface area is 177 Å². The Hall–Kier alpha value is -2.23. The molecule has 0 amide bonds. The lowest BCUT2D eigenvalue weighted by atomic mass is 9.97. The number of benzene rings is 1. The van der Waals surface area contributed by atoms with Crippen LogP contribution in [0.3, 0.4) is 0 Å². The first-order valence-corrected chi connectivity index (χ1v) is 10.3. The van der Waals surface area contributed by atoms with Crippen LogP contribution >= 0.6 is 11.6 Å². The molecule has 0 saturated carbocycles. The average Bonchev–Trinajstić information content (AvgIpc) is 3.43. The fourth-order valence-corrected chi connectivity index (χ4v) is 4.95. The molecule has 2 N–H and O–H groups in total. The molecular formula is C21H21ClN4O4. The van der Waals surface area contributed by atoms with Gasteiger partial charge in [0, 0.05) is 11.2 Å². The van der Waals surface area contributed by atoms with E-state index in [-0.39, 0.29) is 24.4 Å². The summed E-state index contributed by atoms with van der Waals surface area (Å²) >= 11 is 6.26. The maximum atomic E-state index is 6.54. The van der Waals surface area contributed by atoms with Gasteiger partial charge in [-0.25, -0.2) is 9.97 Å². The van der Waals surface area contributed by atoms with Gasteiger partial charge in [0.1, 0.15) is 42.2 Å². The van der Waals surface area contributed by atoms with Crippen molar-refractivity contribution in [2.75, 3.05) is 5.73 Å². The van der Waals surface area contributed by atoms with Crippen LogP contribution in [0.25, 0.3) is 11.0 Å². The zero-order valence-electron chi connectivity index (χ0n) is 16.5. The van der Waals surface area contributed by atoms with Crippen LogP contribution in [0.5, 0.6) is 0 Å². The third-order valence-electron chi connectivity index (χ3n) is 6.01. The van der Waals surface area contributed by atoms with E-state index >= 15 is 0 Å². The third-order valence-corrected chi connectivity index (χ3v) is 6.25. The summed E-state index contributed by atoms with van der Waals surface area (Å²) in [5.41, 5.74) is 8.85.